The molecule has 0 rings (SSSR count). The normalized spacial score (nSPS) is 10.9. The lowest BCUT2D eigenvalue weighted by atomic mass is 10.2. The van der Waals surface area contributed by atoms with Gasteiger partial charge in [0.1, 0.15) is 12.2 Å². The molecule has 0 aliphatic carbocycles. The van der Waals surface area contributed by atoms with E-state index in [4.69, 9.17) is 9.84 Å². The van der Waals surface area contributed by atoms with Gasteiger partial charge >= 0.3 is 6.09 Å². The average Bonchev–Trinajstić information content (AvgIpc) is 2.00. The predicted molar refractivity (Wildman–Crippen MR) is 50.9 cm³/mol. The highest BCUT2D eigenvalue weighted by atomic mass is 16.6. The summed E-state index contributed by atoms with van der Waals surface area (Å²) in [6.07, 6.45) is -0.432. The molecule has 0 radical (unpaired) electrons. The monoisotopic (exact) mass is 203 g/mol. The van der Waals surface area contributed by atoms with Gasteiger partial charge < -0.3 is 15.2 Å². The van der Waals surface area contributed by atoms with Crippen LogP contribution in [0.3, 0.4) is 0 Å². The molecular formula is C9H17NO4. The summed E-state index contributed by atoms with van der Waals surface area (Å²) in [5, 5.41) is 10.8. The second kappa shape index (κ2) is 5.59. The van der Waals surface area contributed by atoms with Crippen LogP contribution in [0, 0.1) is 0 Å². The minimum atomic E-state index is -0.553. The van der Waals surface area contributed by atoms with Crippen LogP contribution in [0.2, 0.25) is 0 Å². The molecule has 5 nitrogen and oxygen atoms in total. The molecule has 1 amide bonds. The molecule has 0 aliphatic rings. The van der Waals surface area contributed by atoms with Gasteiger partial charge in [-0.2, -0.15) is 0 Å². The molecule has 5 heteroatoms. The lowest BCUT2D eigenvalue weighted by Crippen LogP contribution is -2.33. The molecule has 14 heavy (non-hydrogen) atoms. The summed E-state index contributed by atoms with van der Waals surface area (Å²) in [5.74, 6) is -0.305. The smallest absolute Gasteiger partial charge is 0.407 e. The van der Waals surface area contributed by atoms with Crippen molar-refractivity contribution in [3.63, 3.8) is 0 Å². The molecule has 0 heterocycles. The van der Waals surface area contributed by atoms with E-state index in [1.807, 2.05) is 0 Å². The average molecular weight is 203 g/mol. The number of aliphatic hydroxyl groups is 1. The minimum Gasteiger partial charge on any atom is -0.444 e. The van der Waals surface area contributed by atoms with Crippen molar-refractivity contribution in [2.45, 2.75) is 32.8 Å². The lowest BCUT2D eigenvalue weighted by molar-refractivity contribution is -0.121. The highest BCUT2D eigenvalue weighted by Gasteiger charge is 2.15. The van der Waals surface area contributed by atoms with Crippen molar-refractivity contribution in [1.82, 2.24) is 5.32 Å². The first-order valence-electron chi connectivity index (χ1n) is 4.44. The SMILES string of the molecule is CC(C)(C)OC(=O)NCCC(=O)CO. The van der Waals surface area contributed by atoms with Gasteiger partial charge in [-0.05, 0) is 20.8 Å². The zero-order chi connectivity index (χ0) is 11.2. The van der Waals surface area contributed by atoms with Crippen LogP contribution in [0.4, 0.5) is 4.79 Å². The summed E-state index contributed by atoms with van der Waals surface area (Å²) in [7, 11) is 0. The summed E-state index contributed by atoms with van der Waals surface area (Å²) < 4.78 is 4.93. The number of nitrogens with one attached hydrogen (secondary N) is 1. The number of hydrogen-bond donors (Lipinski definition) is 2. The number of hydrogen-bond acceptors (Lipinski definition) is 4. The third kappa shape index (κ3) is 7.54. The topological polar surface area (TPSA) is 75.6 Å². The predicted octanol–water partition coefficient (Wildman–Crippen LogP) is 0.463. The van der Waals surface area contributed by atoms with Crippen LogP contribution in [0.5, 0.6) is 0 Å². The Balaban J connectivity index is 3.60. The Morgan fingerprint density at radius 2 is 1.93 bits per heavy atom. The number of carbonyl (C=O) groups is 2. The molecule has 0 unspecified atom stereocenters. The molecule has 0 atom stereocenters. The van der Waals surface area contributed by atoms with E-state index in [9.17, 15) is 9.59 Å². The Labute approximate surface area is 83.4 Å². The molecule has 0 bridgehead atoms. The van der Waals surface area contributed by atoms with Crippen molar-refractivity contribution in [1.29, 1.82) is 0 Å². The van der Waals surface area contributed by atoms with Gasteiger partial charge in [0, 0.05) is 13.0 Å². The van der Waals surface area contributed by atoms with Crippen molar-refractivity contribution < 1.29 is 19.4 Å². The van der Waals surface area contributed by atoms with E-state index in [-0.39, 0.29) is 18.7 Å². The third-order valence-corrected chi connectivity index (χ3v) is 1.25. The molecule has 0 saturated heterocycles. The molecule has 0 aromatic rings. The molecule has 0 saturated carbocycles. The molecule has 0 fully saturated rings. The fourth-order valence-corrected chi connectivity index (χ4v) is 0.697. The number of rotatable bonds is 4. The Morgan fingerprint density at radius 3 is 2.36 bits per heavy atom. The number of ketones is 1. The zero-order valence-corrected chi connectivity index (χ0v) is 8.79. The maximum Gasteiger partial charge on any atom is 0.407 e. The van der Waals surface area contributed by atoms with Gasteiger partial charge in [0.25, 0.3) is 0 Å². The van der Waals surface area contributed by atoms with E-state index < -0.39 is 18.3 Å². The number of ether oxygens (including phenoxy) is 1. The summed E-state index contributed by atoms with van der Waals surface area (Å²) in [4.78, 5) is 21.7. The number of Topliss-reactive ketones (excluding diaryl/α,β-unsaturated/α-hetero) is 1. The molecule has 0 spiro atoms. The van der Waals surface area contributed by atoms with Crippen molar-refractivity contribution in [3.8, 4) is 0 Å². The Morgan fingerprint density at radius 1 is 1.36 bits per heavy atom. The molecule has 82 valence electrons. The van der Waals surface area contributed by atoms with Crippen molar-refractivity contribution >= 4 is 11.9 Å². The Bertz CT molecular complexity index is 207. The number of aliphatic hydroxyl groups excluding tert-OH is 1. The molecule has 0 aliphatic heterocycles. The summed E-state index contributed by atoms with van der Waals surface area (Å²) in [5.41, 5.74) is -0.537. The summed E-state index contributed by atoms with van der Waals surface area (Å²) in [6, 6.07) is 0. The number of carbonyl (C=O) groups excluding carboxylic acids is 2. The van der Waals surface area contributed by atoms with E-state index in [0.717, 1.165) is 0 Å². The maximum absolute atomic E-state index is 11.0. The number of amides is 1. The van der Waals surface area contributed by atoms with Crippen LogP contribution < -0.4 is 5.32 Å². The van der Waals surface area contributed by atoms with Gasteiger partial charge in [-0.25, -0.2) is 4.79 Å². The fourth-order valence-electron chi connectivity index (χ4n) is 0.697. The van der Waals surface area contributed by atoms with Gasteiger partial charge in [-0.3, -0.25) is 4.79 Å². The largest absolute Gasteiger partial charge is 0.444 e. The van der Waals surface area contributed by atoms with Crippen LogP contribution in [0.15, 0.2) is 0 Å². The van der Waals surface area contributed by atoms with Crippen LogP contribution in [-0.4, -0.2) is 35.7 Å². The van der Waals surface area contributed by atoms with Crippen LogP contribution >= 0.6 is 0 Å². The maximum atomic E-state index is 11.0. The second-order valence-corrected chi connectivity index (χ2v) is 3.88. The molecular weight excluding hydrogens is 186 g/mol. The third-order valence-electron chi connectivity index (χ3n) is 1.25. The number of alkyl carbamates (subject to hydrolysis) is 1. The van der Waals surface area contributed by atoms with Crippen LogP contribution in [-0.2, 0) is 9.53 Å². The highest BCUT2D eigenvalue weighted by molar-refractivity contribution is 5.80. The summed E-state index contributed by atoms with van der Waals surface area (Å²) in [6.45, 7) is 4.96. The lowest BCUT2D eigenvalue weighted by Gasteiger charge is -2.19. The quantitative estimate of drug-likeness (QED) is 0.696. The first kappa shape index (κ1) is 12.9. The zero-order valence-electron chi connectivity index (χ0n) is 8.79. The van der Waals surface area contributed by atoms with E-state index in [2.05, 4.69) is 5.32 Å². The van der Waals surface area contributed by atoms with E-state index in [1.165, 1.54) is 0 Å². The fraction of sp³-hybridized carbons (Fsp3) is 0.778. The molecule has 0 aromatic heterocycles. The minimum absolute atomic E-state index is 0.121. The van der Waals surface area contributed by atoms with Gasteiger partial charge in [0.05, 0.1) is 0 Å². The van der Waals surface area contributed by atoms with Crippen LogP contribution in [0.1, 0.15) is 27.2 Å². The Kier molecular flexibility index (Phi) is 5.15. The highest BCUT2D eigenvalue weighted by Crippen LogP contribution is 2.06. The van der Waals surface area contributed by atoms with E-state index in [0.29, 0.717) is 0 Å². The van der Waals surface area contributed by atoms with Crippen LogP contribution in [0.25, 0.3) is 0 Å². The molecule has 0 aromatic carbocycles. The van der Waals surface area contributed by atoms with Gasteiger partial charge in [-0.15, -0.1) is 0 Å². The standard InChI is InChI=1S/C9H17NO4/c1-9(2,3)14-8(13)10-5-4-7(12)6-11/h11H,4-6H2,1-3H3,(H,10,13). The van der Waals surface area contributed by atoms with E-state index >= 15 is 0 Å². The first-order valence-corrected chi connectivity index (χ1v) is 4.44. The van der Waals surface area contributed by atoms with Crippen molar-refractivity contribution in [2.75, 3.05) is 13.2 Å². The molecule has 2 N–H and O–H groups in total. The van der Waals surface area contributed by atoms with Crippen molar-refractivity contribution in [3.05, 3.63) is 0 Å². The Hall–Kier alpha value is -1.10. The second-order valence-electron chi connectivity index (χ2n) is 3.88. The van der Waals surface area contributed by atoms with Gasteiger partial charge in [0.2, 0.25) is 0 Å². The van der Waals surface area contributed by atoms with Crippen molar-refractivity contribution in [2.24, 2.45) is 0 Å². The van der Waals surface area contributed by atoms with E-state index in [1.54, 1.807) is 20.8 Å². The summed E-state index contributed by atoms with van der Waals surface area (Å²) >= 11 is 0. The van der Waals surface area contributed by atoms with Gasteiger partial charge in [0.15, 0.2) is 5.78 Å². The van der Waals surface area contributed by atoms with Gasteiger partial charge in [-0.1, -0.05) is 0 Å². The first-order chi connectivity index (χ1) is 6.35.